The van der Waals surface area contributed by atoms with Gasteiger partial charge in [0.1, 0.15) is 18.0 Å². The van der Waals surface area contributed by atoms with Crippen LogP contribution in [0.2, 0.25) is 0 Å². The van der Waals surface area contributed by atoms with Crippen molar-refractivity contribution < 1.29 is 9.47 Å². The van der Waals surface area contributed by atoms with Crippen LogP contribution in [0, 0.1) is 0 Å². The van der Waals surface area contributed by atoms with E-state index in [1.807, 2.05) is 43.3 Å². The molecule has 0 fully saturated rings. The Hall–Kier alpha value is -2.50. The van der Waals surface area contributed by atoms with Crippen LogP contribution in [-0.4, -0.2) is 37.3 Å². The molecule has 0 saturated carbocycles. The third-order valence-electron chi connectivity index (χ3n) is 3.40. The van der Waals surface area contributed by atoms with Gasteiger partial charge in [0.25, 0.3) is 0 Å². The minimum atomic E-state index is 0.667. The summed E-state index contributed by atoms with van der Waals surface area (Å²) in [5, 5.41) is 3.30. The van der Waals surface area contributed by atoms with Crippen molar-refractivity contribution in [2.24, 2.45) is 0 Å². The van der Waals surface area contributed by atoms with Crippen molar-refractivity contribution in [2.75, 3.05) is 37.5 Å². The molecule has 0 spiro atoms. The Labute approximate surface area is 130 Å². The molecule has 2 heterocycles. The molecule has 0 bridgehead atoms. The van der Waals surface area contributed by atoms with Crippen LogP contribution < -0.4 is 19.7 Å². The predicted molar refractivity (Wildman–Crippen MR) is 85.7 cm³/mol. The van der Waals surface area contributed by atoms with Crippen LogP contribution in [0.3, 0.4) is 0 Å². The molecule has 0 aliphatic carbocycles. The predicted octanol–water partition coefficient (Wildman–Crippen LogP) is 2.32. The number of hydrogen-bond donors (Lipinski definition) is 1. The number of hydrogen-bond acceptors (Lipinski definition) is 6. The quantitative estimate of drug-likeness (QED) is 0.935. The van der Waals surface area contributed by atoms with Crippen LogP contribution >= 0.6 is 0 Å². The van der Waals surface area contributed by atoms with Gasteiger partial charge in [-0.15, -0.1) is 0 Å². The fraction of sp³-hybridized carbons (Fsp3) is 0.375. The summed E-state index contributed by atoms with van der Waals surface area (Å²) in [6.45, 7) is 2.07. The largest absolute Gasteiger partial charge is 0.490 e. The highest BCUT2D eigenvalue weighted by Gasteiger charge is 2.10. The van der Waals surface area contributed by atoms with Gasteiger partial charge in [0.2, 0.25) is 0 Å². The molecule has 0 radical (unpaired) electrons. The summed E-state index contributed by atoms with van der Waals surface area (Å²) < 4.78 is 11.3. The van der Waals surface area contributed by atoms with Crippen molar-refractivity contribution >= 4 is 11.6 Å². The normalized spacial score (nSPS) is 13.4. The maximum Gasteiger partial charge on any atom is 0.161 e. The first-order valence-electron chi connectivity index (χ1n) is 7.34. The SMILES string of the molecule is CN(C)c1cc(NCc2ccc3c(c2)OCCCO3)ncn1. The molecule has 6 heteroatoms. The number of ether oxygens (including phenoxy) is 2. The van der Waals surface area contributed by atoms with Crippen LogP contribution in [-0.2, 0) is 6.54 Å². The Morgan fingerprint density at radius 3 is 2.73 bits per heavy atom. The maximum absolute atomic E-state index is 5.71. The van der Waals surface area contributed by atoms with Gasteiger partial charge in [-0.2, -0.15) is 0 Å². The van der Waals surface area contributed by atoms with Crippen molar-refractivity contribution in [2.45, 2.75) is 13.0 Å². The average Bonchev–Trinajstić information content (AvgIpc) is 2.78. The van der Waals surface area contributed by atoms with E-state index in [4.69, 9.17) is 9.47 Å². The smallest absolute Gasteiger partial charge is 0.161 e. The van der Waals surface area contributed by atoms with Gasteiger partial charge in [0.05, 0.1) is 13.2 Å². The Bertz CT molecular complexity index is 646. The fourth-order valence-electron chi connectivity index (χ4n) is 2.20. The first-order chi connectivity index (χ1) is 10.7. The first-order valence-corrected chi connectivity index (χ1v) is 7.34. The number of anilines is 2. The van der Waals surface area contributed by atoms with Crippen molar-refractivity contribution in [3.8, 4) is 11.5 Å². The first kappa shape index (κ1) is 14.4. The van der Waals surface area contributed by atoms with E-state index in [0.717, 1.165) is 35.1 Å². The number of benzene rings is 1. The Morgan fingerprint density at radius 1 is 1.09 bits per heavy atom. The van der Waals surface area contributed by atoms with Gasteiger partial charge in [0.15, 0.2) is 11.5 Å². The van der Waals surface area contributed by atoms with E-state index in [9.17, 15) is 0 Å². The third-order valence-corrected chi connectivity index (χ3v) is 3.40. The zero-order valence-corrected chi connectivity index (χ0v) is 12.9. The third kappa shape index (κ3) is 3.39. The van der Waals surface area contributed by atoms with Crippen molar-refractivity contribution in [1.29, 1.82) is 0 Å². The molecule has 1 aliphatic heterocycles. The molecule has 0 atom stereocenters. The van der Waals surface area contributed by atoms with E-state index in [-0.39, 0.29) is 0 Å². The standard InChI is InChI=1S/C16H20N4O2/c1-20(2)16-9-15(18-11-19-16)17-10-12-4-5-13-14(8-12)22-7-3-6-21-13/h4-5,8-9,11H,3,6-7,10H2,1-2H3,(H,17,18,19). The second-order valence-electron chi connectivity index (χ2n) is 5.34. The summed E-state index contributed by atoms with van der Waals surface area (Å²) in [5.74, 6) is 3.30. The lowest BCUT2D eigenvalue weighted by Crippen LogP contribution is -2.11. The highest BCUT2D eigenvalue weighted by molar-refractivity contribution is 5.49. The molecule has 0 amide bonds. The molecule has 1 aliphatic rings. The molecule has 0 unspecified atom stereocenters. The summed E-state index contributed by atoms with van der Waals surface area (Å²) in [6.07, 6.45) is 2.47. The van der Waals surface area contributed by atoms with Crippen molar-refractivity contribution in [3.05, 3.63) is 36.2 Å². The van der Waals surface area contributed by atoms with Gasteiger partial charge in [-0.3, -0.25) is 0 Å². The van der Waals surface area contributed by atoms with Gasteiger partial charge in [-0.05, 0) is 17.7 Å². The second-order valence-corrected chi connectivity index (χ2v) is 5.34. The number of rotatable bonds is 4. The molecule has 0 saturated heterocycles. The zero-order chi connectivity index (χ0) is 15.4. The molecular formula is C16H20N4O2. The fourth-order valence-corrected chi connectivity index (χ4v) is 2.20. The highest BCUT2D eigenvalue weighted by Crippen LogP contribution is 2.30. The van der Waals surface area contributed by atoms with Gasteiger partial charge in [-0.1, -0.05) is 6.07 Å². The van der Waals surface area contributed by atoms with E-state index in [2.05, 4.69) is 15.3 Å². The second kappa shape index (κ2) is 6.51. The zero-order valence-electron chi connectivity index (χ0n) is 12.9. The number of nitrogens with one attached hydrogen (secondary N) is 1. The van der Waals surface area contributed by atoms with Crippen molar-refractivity contribution in [3.63, 3.8) is 0 Å². The molecular weight excluding hydrogens is 280 g/mol. The number of fused-ring (bicyclic) bond motifs is 1. The summed E-state index contributed by atoms with van der Waals surface area (Å²) in [5.41, 5.74) is 1.12. The van der Waals surface area contributed by atoms with Crippen LogP contribution in [0.5, 0.6) is 11.5 Å². The lowest BCUT2D eigenvalue weighted by molar-refractivity contribution is 0.297. The lowest BCUT2D eigenvalue weighted by atomic mass is 10.2. The molecule has 116 valence electrons. The summed E-state index contributed by atoms with van der Waals surface area (Å²) in [4.78, 5) is 10.4. The van der Waals surface area contributed by atoms with Gasteiger partial charge < -0.3 is 19.7 Å². The highest BCUT2D eigenvalue weighted by atomic mass is 16.5. The van der Waals surface area contributed by atoms with Crippen LogP contribution in [0.1, 0.15) is 12.0 Å². The van der Waals surface area contributed by atoms with Gasteiger partial charge in [0, 0.05) is 33.1 Å². The number of aromatic nitrogens is 2. The Balaban J connectivity index is 1.69. The van der Waals surface area contributed by atoms with E-state index in [1.165, 1.54) is 0 Å². The maximum atomic E-state index is 5.71. The molecule has 1 aromatic heterocycles. The lowest BCUT2D eigenvalue weighted by Gasteiger charge is -2.13. The van der Waals surface area contributed by atoms with Crippen LogP contribution in [0.4, 0.5) is 11.6 Å². The molecule has 1 aromatic carbocycles. The van der Waals surface area contributed by atoms with Crippen molar-refractivity contribution in [1.82, 2.24) is 9.97 Å². The Morgan fingerprint density at radius 2 is 1.91 bits per heavy atom. The molecule has 2 aromatic rings. The summed E-state index contributed by atoms with van der Waals surface area (Å²) >= 11 is 0. The van der Waals surface area contributed by atoms with Gasteiger partial charge in [-0.25, -0.2) is 9.97 Å². The molecule has 1 N–H and O–H groups in total. The van der Waals surface area contributed by atoms with Gasteiger partial charge >= 0.3 is 0 Å². The Kier molecular flexibility index (Phi) is 4.27. The van der Waals surface area contributed by atoms with E-state index in [1.54, 1.807) is 6.33 Å². The summed E-state index contributed by atoms with van der Waals surface area (Å²) in [7, 11) is 3.91. The monoisotopic (exact) mass is 300 g/mol. The van der Waals surface area contributed by atoms with Crippen LogP contribution in [0.25, 0.3) is 0 Å². The minimum absolute atomic E-state index is 0.667. The van der Waals surface area contributed by atoms with Crippen LogP contribution in [0.15, 0.2) is 30.6 Å². The van der Waals surface area contributed by atoms with E-state index >= 15 is 0 Å². The summed E-state index contributed by atoms with van der Waals surface area (Å²) in [6, 6.07) is 7.93. The average molecular weight is 300 g/mol. The minimum Gasteiger partial charge on any atom is -0.490 e. The molecule has 22 heavy (non-hydrogen) atoms. The molecule has 6 nitrogen and oxygen atoms in total. The number of nitrogens with zero attached hydrogens (tertiary/aromatic N) is 3. The van der Waals surface area contributed by atoms with E-state index in [0.29, 0.717) is 19.8 Å². The topological polar surface area (TPSA) is 59.5 Å². The molecule has 3 rings (SSSR count). The van der Waals surface area contributed by atoms with E-state index < -0.39 is 0 Å².